The number of rotatable bonds is 6. The Hall–Kier alpha value is -2.04. The van der Waals surface area contributed by atoms with Crippen LogP contribution in [-0.4, -0.2) is 35.7 Å². The van der Waals surface area contributed by atoms with Crippen LogP contribution in [0, 0.1) is 0 Å². The monoisotopic (exact) mass is 418 g/mol. The number of halogens is 2. The lowest BCUT2D eigenvalue weighted by atomic mass is 10.0. The summed E-state index contributed by atoms with van der Waals surface area (Å²) in [7, 11) is 0. The fraction of sp³-hybridized carbons (Fsp3) is 0.364. The van der Waals surface area contributed by atoms with Crippen molar-refractivity contribution in [3.8, 4) is 0 Å². The number of nitrogens with zero attached hydrogens (tertiary/aromatic N) is 1. The topological polar surface area (TPSA) is 49.4 Å². The maximum absolute atomic E-state index is 12.7. The van der Waals surface area contributed by atoms with Gasteiger partial charge >= 0.3 is 0 Å². The zero-order chi connectivity index (χ0) is 20.1. The summed E-state index contributed by atoms with van der Waals surface area (Å²) in [6.07, 6.45) is 3.67. The molecule has 0 saturated carbocycles. The van der Waals surface area contributed by atoms with Crippen LogP contribution in [0.25, 0.3) is 0 Å². The van der Waals surface area contributed by atoms with Crippen molar-refractivity contribution in [2.75, 3.05) is 18.4 Å². The van der Waals surface area contributed by atoms with E-state index in [1.54, 1.807) is 18.2 Å². The van der Waals surface area contributed by atoms with Crippen molar-refractivity contribution >= 4 is 40.6 Å². The second-order valence-electron chi connectivity index (χ2n) is 7.15. The third kappa shape index (κ3) is 5.06. The number of carbonyl (C=O) groups is 2. The first-order valence-corrected chi connectivity index (χ1v) is 10.3. The Morgan fingerprint density at radius 3 is 2.43 bits per heavy atom. The van der Waals surface area contributed by atoms with Gasteiger partial charge in [-0.3, -0.25) is 9.59 Å². The van der Waals surface area contributed by atoms with Crippen molar-refractivity contribution in [3.05, 3.63) is 63.6 Å². The summed E-state index contributed by atoms with van der Waals surface area (Å²) in [5.41, 5.74) is 2.13. The summed E-state index contributed by atoms with van der Waals surface area (Å²) in [5, 5.41) is 4.03. The Bertz CT molecular complexity index is 852. The van der Waals surface area contributed by atoms with Crippen molar-refractivity contribution in [3.63, 3.8) is 0 Å². The first-order chi connectivity index (χ1) is 13.5. The Morgan fingerprint density at radius 2 is 1.75 bits per heavy atom. The Kier molecular flexibility index (Phi) is 6.97. The van der Waals surface area contributed by atoms with E-state index in [0.29, 0.717) is 40.2 Å². The molecular formula is C22H24Cl2N2O2. The van der Waals surface area contributed by atoms with Crippen molar-refractivity contribution in [2.45, 2.75) is 38.6 Å². The van der Waals surface area contributed by atoms with E-state index in [-0.39, 0.29) is 11.7 Å². The number of likely N-dealkylation sites (tertiary alicyclic amines) is 1. The molecule has 1 aliphatic rings. The Morgan fingerprint density at radius 1 is 1.04 bits per heavy atom. The molecule has 1 aliphatic heterocycles. The minimum absolute atomic E-state index is 0.00282. The summed E-state index contributed by atoms with van der Waals surface area (Å²) in [6.45, 7) is 3.43. The van der Waals surface area contributed by atoms with E-state index >= 15 is 0 Å². The molecule has 0 spiro atoms. The first kappa shape index (κ1) is 20.7. The van der Waals surface area contributed by atoms with E-state index in [4.69, 9.17) is 23.2 Å². The molecule has 1 N–H and O–H groups in total. The standard InChI is InChI=1S/C22H24Cl2N2O2/c1-15-4-2-3-13-26(15)22(28)16-5-8-18(9-6-16)25-12-11-21(27)17-7-10-19(23)20(24)14-17/h5-10,14-15,25H,2-4,11-13H2,1H3/t15-/m1/s1. The van der Waals surface area contributed by atoms with E-state index in [0.717, 1.165) is 25.1 Å². The normalized spacial score (nSPS) is 16.7. The highest BCUT2D eigenvalue weighted by molar-refractivity contribution is 6.42. The van der Waals surface area contributed by atoms with Gasteiger partial charge < -0.3 is 10.2 Å². The number of Topliss-reactive ketones (excluding diaryl/α,β-unsaturated/α-hetero) is 1. The molecule has 0 unspecified atom stereocenters. The molecule has 0 aromatic heterocycles. The van der Waals surface area contributed by atoms with Gasteiger partial charge in [-0.05, 0) is 68.7 Å². The molecule has 0 bridgehead atoms. The molecule has 6 heteroatoms. The van der Waals surface area contributed by atoms with Crippen molar-refractivity contribution in [1.29, 1.82) is 0 Å². The molecule has 28 heavy (non-hydrogen) atoms. The van der Waals surface area contributed by atoms with Gasteiger partial charge in [-0.1, -0.05) is 23.2 Å². The molecule has 1 heterocycles. The van der Waals surface area contributed by atoms with E-state index in [2.05, 4.69) is 12.2 Å². The van der Waals surface area contributed by atoms with Crippen LogP contribution in [0.3, 0.4) is 0 Å². The highest BCUT2D eigenvalue weighted by Gasteiger charge is 2.23. The van der Waals surface area contributed by atoms with Crippen LogP contribution in [0.15, 0.2) is 42.5 Å². The smallest absolute Gasteiger partial charge is 0.254 e. The fourth-order valence-electron chi connectivity index (χ4n) is 3.43. The van der Waals surface area contributed by atoms with E-state index in [1.165, 1.54) is 6.42 Å². The zero-order valence-electron chi connectivity index (χ0n) is 15.9. The number of hydrogen-bond acceptors (Lipinski definition) is 3. The summed E-state index contributed by atoms with van der Waals surface area (Å²) >= 11 is 11.8. The predicted octanol–water partition coefficient (Wildman–Crippen LogP) is 5.69. The highest BCUT2D eigenvalue weighted by Crippen LogP contribution is 2.23. The third-order valence-corrected chi connectivity index (χ3v) is 5.86. The number of ketones is 1. The van der Waals surface area contributed by atoms with Gasteiger partial charge in [0.1, 0.15) is 0 Å². The summed E-state index contributed by atoms with van der Waals surface area (Å²) in [6, 6.07) is 12.6. The SMILES string of the molecule is C[C@@H]1CCCCN1C(=O)c1ccc(NCCC(=O)c2ccc(Cl)c(Cl)c2)cc1. The number of anilines is 1. The van der Waals surface area contributed by atoms with Gasteiger partial charge in [-0.25, -0.2) is 0 Å². The van der Waals surface area contributed by atoms with Gasteiger partial charge in [-0.2, -0.15) is 0 Å². The Labute approximate surface area is 175 Å². The molecule has 1 saturated heterocycles. The maximum Gasteiger partial charge on any atom is 0.254 e. The average Bonchev–Trinajstić information content (AvgIpc) is 2.70. The van der Waals surface area contributed by atoms with Crippen LogP contribution in [0.1, 0.15) is 53.3 Å². The third-order valence-electron chi connectivity index (χ3n) is 5.12. The summed E-state index contributed by atoms with van der Waals surface area (Å²) < 4.78 is 0. The fourth-order valence-corrected chi connectivity index (χ4v) is 3.73. The average molecular weight is 419 g/mol. The minimum atomic E-state index is -0.00282. The molecule has 148 valence electrons. The molecule has 2 aromatic rings. The van der Waals surface area contributed by atoms with Crippen LogP contribution < -0.4 is 5.32 Å². The van der Waals surface area contributed by atoms with Crippen LogP contribution >= 0.6 is 23.2 Å². The molecule has 3 rings (SSSR count). The molecule has 2 aromatic carbocycles. The minimum Gasteiger partial charge on any atom is -0.385 e. The lowest BCUT2D eigenvalue weighted by Gasteiger charge is -2.33. The van der Waals surface area contributed by atoms with Gasteiger partial charge in [0.05, 0.1) is 10.0 Å². The predicted molar refractivity (Wildman–Crippen MR) is 115 cm³/mol. The quantitative estimate of drug-likeness (QED) is 0.612. The number of carbonyl (C=O) groups excluding carboxylic acids is 2. The second kappa shape index (κ2) is 9.44. The number of amides is 1. The van der Waals surface area contributed by atoms with E-state index in [9.17, 15) is 9.59 Å². The molecule has 1 atom stereocenters. The maximum atomic E-state index is 12.7. The van der Waals surface area contributed by atoms with Crippen LogP contribution in [0.2, 0.25) is 10.0 Å². The molecule has 1 fully saturated rings. The van der Waals surface area contributed by atoms with Crippen LogP contribution in [0.5, 0.6) is 0 Å². The Balaban J connectivity index is 1.52. The number of piperidine rings is 1. The second-order valence-corrected chi connectivity index (χ2v) is 7.96. The van der Waals surface area contributed by atoms with E-state index in [1.807, 2.05) is 29.2 Å². The molecular weight excluding hydrogens is 395 g/mol. The molecule has 0 aliphatic carbocycles. The van der Waals surface area contributed by atoms with Crippen molar-refractivity contribution < 1.29 is 9.59 Å². The van der Waals surface area contributed by atoms with Gasteiger partial charge in [0.25, 0.3) is 5.91 Å². The van der Waals surface area contributed by atoms with Crippen molar-refractivity contribution in [1.82, 2.24) is 4.90 Å². The van der Waals surface area contributed by atoms with Gasteiger partial charge in [-0.15, -0.1) is 0 Å². The van der Waals surface area contributed by atoms with Gasteiger partial charge in [0.2, 0.25) is 0 Å². The number of nitrogens with one attached hydrogen (secondary N) is 1. The molecule has 1 amide bonds. The summed E-state index contributed by atoms with van der Waals surface area (Å²) in [4.78, 5) is 26.9. The number of hydrogen-bond donors (Lipinski definition) is 1. The molecule has 4 nitrogen and oxygen atoms in total. The lowest BCUT2D eigenvalue weighted by Crippen LogP contribution is -2.41. The summed E-state index contributed by atoms with van der Waals surface area (Å²) in [5.74, 6) is 0.0884. The number of benzene rings is 2. The van der Waals surface area contributed by atoms with Gasteiger partial charge in [0.15, 0.2) is 5.78 Å². The lowest BCUT2D eigenvalue weighted by molar-refractivity contribution is 0.0635. The van der Waals surface area contributed by atoms with Crippen LogP contribution in [-0.2, 0) is 0 Å². The van der Waals surface area contributed by atoms with Crippen LogP contribution in [0.4, 0.5) is 5.69 Å². The van der Waals surface area contributed by atoms with Gasteiger partial charge in [0, 0.05) is 42.4 Å². The first-order valence-electron chi connectivity index (χ1n) is 9.59. The largest absolute Gasteiger partial charge is 0.385 e. The zero-order valence-corrected chi connectivity index (χ0v) is 17.4. The molecule has 0 radical (unpaired) electrons. The van der Waals surface area contributed by atoms with Crippen molar-refractivity contribution in [2.24, 2.45) is 0 Å². The van der Waals surface area contributed by atoms with E-state index < -0.39 is 0 Å². The highest BCUT2D eigenvalue weighted by atomic mass is 35.5.